The molecule has 0 spiro atoms. The van der Waals surface area contributed by atoms with Gasteiger partial charge in [0.15, 0.2) is 0 Å². The summed E-state index contributed by atoms with van der Waals surface area (Å²) < 4.78 is 0. The highest BCUT2D eigenvalue weighted by Gasteiger charge is 2.21. The van der Waals surface area contributed by atoms with Crippen LogP contribution in [-0.4, -0.2) is 18.0 Å². The molecule has 3 nitrogen and oxygen atoms in total. The Bertz CT molecular complexity index is 691. The number of amides is 2. The predicted octanol–water partition coefficient (Wildman–Crippen LogP) is 4.83. The van der Waals surface area contributed by atoms with Crippen molar-refractivity contribution in [3.63, 3.8) is 0 Å². The minimum absolute atomic E-state index is 0.0462. The fourth-order valence-corrected chi connectivity index (χ4v) is 4.20. The van der Waals surface area contributed by atoms with Crippen molar-refractivity contribution in [2.24, 2.45) is 0 Å². The van der Waals surface area contributed by atoms with Crippen LogP contribution in [0.25, 0.3) is 0 Å². The third kappa shape index (κ3) is 2.72. The van der Waals surface area contributed by atoms with Crippen LogP contribution in [0.3, 0.4) is 0 Å². The lowest BCUT2D eigenvalue weighted by atomic mass is 10.0. The van der Waals surface area contributed by atoms with Crippen molar-refractivity contribution >= 4 is 39.0 Å². The fourth-order valence-electron chi connectivity index (χ4n) is 2.45. The SMILES string of the molecule is Cc1cc(C(Br)c2ccc3c(c2)CN(C)C(=O)N3)sc1C. The molecule has 2 amide bonds. The Morgan fingerprint density at radius 3 is 2.76 bits per heavy atom. The van der Waals surface area contributed by atoms with E-state index in [0.717, 1.165) is 11.3 Å². The van der Waals surface area contributed by atoms with Crippen LogP contribution >= 0.6 is 27.3 Å². The quantitative estimate of drug-likeness (QED) is 0.760. The highest BCUT2D eigenvalue weighted by Crippen LogP contribution is 2.38. The van der Waals surface area contributed by atoms with Gasteiger partial charge in [0.05, 0.1) is 4.83 Å². The summed E-state index contributed by atoms with van der Waals surface area (Å²) >= 11 is 5.63. The number of fused-ring (bicyclic) bond motifs is 1. The lowest BCUT2D eigenvalue weighted by molar-refractivity contribution is 0.218. The number of carbonyl (C=O) groups excluding carboxylic acids is 1. The summed E-state index contributed by atoms with van der Waals surface area (Å²) in [6, 6.07) is 8.45. The summed E-state index contributed by atoms with van der Waals surface area (Å²) in [5.74, 6) is 0. The Hall–Kier alpha value is -1.33. The number of nitrogens with one attached hydrogen (secondary N) is 1. The number of nitrogens with zero attached hydrogens (tertiary/aromatic N) is 1. The molecular formula is C16H17BrN2OS. The molecule has 0 saturated heterocycles. The largest absolute Gasteiger partial charge is 0.323 e. The molecule has 1 aliphatic heterocycles. The number of alkyl halides is 1. The molecule has 0 aliphatic carbocycles. The van der Waals surface area contributed by atoms with Gasteiger partial charge in [0, 0.05) is 29.0 Å². The standard InChI is InChI=1S/C16H17BrN2OS/c1-9-6-14(21-10(9)2)15(17)11-4-5-13-12(7-11)8-19(3)16(20)18-13/h4-7,15H,8H2,1-3H3,(H,18,20). The third-order valence-electron chi connectivity index (χ3n) is 3.85. The van der Waals surface area contributed by atoms with Gasteiger partial charge in [-0.25, -0.2) is 4.79 Å². The number of urea groups is 1. The van der Waals surface area contributed by atoms with E-state index >= 15 is 0 Å². The number of hydrogen-bond donors (Lipinski definition) is 1. The van der Waals surface area contributed by atoms with Gasteiger partial charge in [-0.15, -0.1) is 11.3 Å². The average Bonchev–Trinajstić information content (AvgIpc) is 2.79. The first-order valence-electron chi connectivity index (χ1n) is 6.81. The molecule has 1 atom stereocenters. The second-order valence-electron chi connectivity index (χ2n) is 5.45. The van der Waals surface area contributed by atoms with Gasteiger partial charge < -0.3 is 10.2 Å². The maximum absolute atomic E-state index is 11.6. The van der Waals surface area contributed by atoms with Gasteiger partial charge in [-0.2, -0.15) is 0 Å². The summed E-state index contributed by atoms with van der Waals surface area (Å²) in [7, 11) is 1.81. The molecule has 1 aliphatic rings. The van der Waals surface area contributed by atoms with E-state index in [0.29, 0.717) is 6.54 Å². The summed E-state index contributed by atoms with van der Waals surface area (Å²) in [5, 5.41) is 2.90. The van der Waals surface area contributed by atoms with Crippen molar-refractivity contribution in [1.29, 1.82) is 0 Å². The Kier molecular flexibility index (Phi) is 3.80. The van der Waals surface area contributed by atoms with E-state index < -0.39 is 0 Å². The number of thiophene rings is 1. The number of aryl methyl sites for hydroxylation is 2. The van der Waals surface area contributed by atoms with E-state index in [1.54, 1.807) is 4.90 Å². The minimum atomic E-state index is -0.0462. The zero-order chi connectivity index (χ0) is 15.1. The van der Waals surface area contributed by atoms with Gasteiger partial charge in [0.1, 0.15) is 0 Å². The van der Waals surface area contributed by atoms with Crippen LogP contribution in [0.4, 0.5) is 10.5 Å². The van der Waals surface area contributed by atoms with Gasteiger partial charge in [-0.05, 0) is 42.7 Å². The molecule has 1 unspecified atom stereocenters. The van der Waals surface area contributed by atoms with Crippen LogP contribution in [0.1, 0.15) is 31.3 Å². The average molecular weight is 365 g/mol. The first-order valence-corrected chi connectivity index (χ1v) is 8.55. The van der Waals surface area contributed by atoms with Gasteiger partial charge >= 0.3 is 6.03 Å². The summed E-state index contributed by atoms with van der Waals surface area (Å²) in [5.41, 5.74) is 4.63. The lowest BCUT2D eigenvalue weighted by Crippen LogP contribution is -2.35. The zero-order valence-corrected chi connectivity index (χ0v) is 14.6. The lowest BCUT2D eigenvalue weighted by Gasteiger charge is -2.26. The molecule has 1 N–H and O–H groups in total. The minimum Gasteiger partial charge on any atom is -0.323 e. The molecule has 2 heterocycles. The Morgan fingerprint density at radius 2 is 2.10 bits per heavy atom. The van der Waals surface area contributed by atoms with Crippen molar-refractivity contribution in [2.75, 3.05) is 12.4 Å². The normalized spacial score (nSPS) is 15.6. The highest BCUT2D eigenvalue weighted by molar-refractivity contribution is 9.09. The number of anilines is 1. The molecule has 21 heavy (non-hydrogen) atoms. The number of benzene rings is 1. The van der Waals surface area contributed by atoms with Crippen molar-refractivity contribution in [3.05, 3.63) is 50.7 Å². The second-order valence-corrected chi connectivity index (χ2v) is 7.66. The number of hydrogen-bond acceptors (Lipinski definition) is 2. The van der Waals surface area contributed by atoms with E-state index in [1.807, 2.05) is 24.5 Å². The first kappa shape index (κ1) is 14.6. The van der Waals surface area contributed by atoms with Gasteiger partial charge in [0.25, 0.3) is 0 Å². The third-order valence-corrected chi connectivity index (χ3v) is 6.39. The second kappa shape index (κ2) is 5.46. The molecule has 5 heteroatoms. The molecule has 1 aromatic heterocycles. The molecule has 110 valence electrons. The molecule has 0 saturated carbocycles. The molecule has 0 radical (unpaired) electrons. The fraction of sp³-hybridized carbons (Fsp3) is 0.312. The summed E-state index contributed by atoms with van der Waals surface area (Å²) in [6.45, 7) is 4.95. The van der Waals surface area contributed by atoms with Gasteiger partial charge in [0.2, 0.25) is 0 Å². The Labute approximate surface area is 137 Å². The van der Waals surface area contributed by atoms with Crippen molar-refractivity contribution in [2.45, 2.75) is 25.2 Å². The maximum atomic E-state index is 11.6. The van der Waals surface area contributed by atoms with Crippen LogP contribution in [0.2, 0.25) is 0 Å². The molecule has 1 aromatic carbocycles. The smallest absolute Gasteiger partial charge is 0.321 e. The molecule has 3 rings (SSSR count). The molecule has 2 aromatic rings. The predicted molar refractivity (Wildman–Crippen MR) is 91.5 cm³/mol. The van der Waals surface area contributed by atoms with E-state index in [-0.39, 0.29) is 10.9 Å². The van der Waals surface area contributed by atoms with E-state index in [2.05, 4.69) is 53.3 Å². The maximum Gasteiger partial charge on any atom is 0.321 e. The summed E-state index contributed by atoms with van der Waals surface area (Å²) in [6.07, 6.45) is 0. The van der Waals surface area contributed by atoms with E-state index in [9.17, 15) is 4.79 Å². The molecule has 0 fully saturated rings. The Morgan fingerprint density at radius 1 is 1.33 bits per heavy atom. The van der Waals surface area contributed by atoms with Gasteiger partial charge in [-0.1, -0.05) is 28.1 Å². The van der Waals surface area contributed by atoms with Crippen molar-refractivity contribution in [1.82, 2.24) is 4.90 Å². The molecular weight excluding hydrogens is 348 g/mol. The number of carbonyl (C=O) groups is 1. The summed E-state index contributed by atoms with van der Waals surface area (Å²) in [4.78, 5) is 16.2. The van der Waals surface area contributed by atoms with Crippen LogP contribution in [0.5, 0.6) is 0 Å². The van der Waals surface area contributed by atoms with Crippen LogP contribution < -0.4 is 5.32 Å². The van der Waals surface area contributed by atoms with Gasteiger partial charge in [-0.3, -0.25) is 0 Å². The topological polar surface area (TPSA) is 32.3 Å². The van der Waals surface area contributed by atoms with Crippen molar-refractivity contribution in [3.8, 4) is 0 Å². The molecule has 0 bridgehead atoms. The number of halogens is 1. The van der Waals surface area contributed by atoms with Crippen molar-refractivity contribution < 1.29 is 4.79 Å². The monoisotopic (exact) mass is 364 g/mol. The number of rotatable bonds is 2. The highest BCUT2D eigenvalue weighted by atomic mass is 79.9. The Balaban J connectivity index is 1.93. The van der Waals surface area contributed by atoms with Crippen LogP contribution in [0.15, 0.2) is 24.3 Å². The van der Waals surface area contributed by atoms with E-state index in [4.69, 9.17) is 0 Å². The van der Waals surface area contributed by atoms with Crippen LogP contribution in [0, 0.1) is 13.8 Å². The zero-order valence-electron chi connectivity index (χ0n) is 12.2. The first-order chi connectivity index (χ1) is 9.95. The van der Waals surface area contributed by atoms with Crippen LogP contribution in [-0.2, 0) is 6.54 Å². The van der Waals surface area contributed by atoms with E-state index in [1.165, 1.54) is 20.9 Å².